The predicted molar refractivity (Wildman–Crippen MR) is 128 cm³/mol. The summed E-state index contributed by atoms with van der Waals surface area (Å²) in [5.41, 5.74) is 6.97. The Morgan fingerprint density at radius 2 is 1.78 bits per heavy atom. The van der Waals surface area contributed by atoms with Gasteiger partial charge in [0.1, 0.15) is 5.82 Å². The van der Waals surface area contributed by atoms with Crippen LogP contribution in [-0.4, -0.2) is 16.9 Å². The number of anilines is 1. The second-order valence-corrected chi connectivity index (χ2v) is 8.68. The van der Waals surface area contributed by atoms with E-state index in [1.54, 1.807) is 12.1 Å². The quantitative estimate of drug-likeness (QED) is 0.361. The third kappa shape index (κ3) is 3.36. The molecule has 5 rings (SSSR count). The van der Waals surface area contributed by atoms with Gasteiger partial charge in [-0.25, -0.2) is 9.37 Å². The molecule has 2 heterocycles. The molecule has 32 heavy (non-hydrogen) atoms. The summed E-state index contributed by atoms with van der Waals surface area (Å²) in [5.74, 6) is -0.326. The molecule has 1 unspecified atom stereocenters. The molecule has 0 saturated carbocycles. The lowest BCUT2D eigenvalue weighted by Crippen LogP contribution is -2.42. The molecular formula is C28H25FN2O. The number of halogens is 1. The Morgan fingerprint density at radius 3 is 2.56 bits per heavy atom. The predicted octanol–water partition coefficient (Wildman–Crippen LogP) is 6.64. The fourth-order valence-electron chi connectivity index (χ4n) is 4.73. The van der Waals surface area contributed by atoms with Crippen molar-refractivity contribution in [1.82, 2.24) is 4.98 Å². The van der Waals surface area contributed by atoms with Gasteiger partial charge >= 0.3 is 0 Å². The Morgan fingerprint density at radius 1 is 1.03 bits per heavy atom. The van der Waals surface area contributed by atoms with Gasteiger partial charge in [-0.2, -0.15) is 0 Å². The maximum Gasteiger partial charge on any atom is 0.259 e. The number of pyridine rings is 1. The van der Waals surface area contributed by atoms with Gasteiger partial charge in [-0.3, -0.25) is 4.79 Å². The number of hydrogen-bond donors (Lipinski definition) is 0. The molecule has 1 aliphatic heterocycles. The summed E-state index contributed by atoms with van der Waals surface area (Å²) in [5, 5.41) is 0.840. The first-order chi connectivity index (χ1) is 15.4. The number of nitrogens with zero attached hydrogens (tertiary/aromatic N) is 2. The molecule has 4 heteroatoms. The van der Waals surface area contributed by atoms with Gasteiger partial charge < -0.3 is 4.90 Å². The molecule has 0 radical (unpaired) electrons. The molecule has 0 spiro atoms. The van der Waals surface area contributed by atoms with Gasteiger partial charge in [0, 0.05) is 22.7 Å². The highest BCUT2D eigenvalue weighted by Crippen LogP contribution is 2.36. The first-order valence-electron chi connectivity index (χ1n) is 11.0. The molecule has 3 nitrogen and oxygen atoms in total. The van der Waals surface area contributed by atoms with E-state index < -0.39 is 0 Å². The van der Waals surface area contributed by atoms with Crippen LogP contribution in [0.1, 0.15) is 40.4 Å². The molecule has 1 atom stereocenters. The van der Waals surface area contributed by atoms with Crippen LogP contribution in [0.4, 0.5) is 10.1 Å². The average molecular weight is 425 g/mol. The van der Waals surface area contributed by atoms with Crippen molar-refractivity contribution in [3.05, 3.63) is 94.8 Å². The minimum Gasteiger partial charge on any atom is -0.305 e. The highest BCUT2D eigenvalue weighted by Gasteiger charge is 2.32. The fourth-order valence-corrected chi connectivity index (χ4v) is 4.73. The molecular weight excluding hydrogens is 399 g/mol. The van der Waals surface area contributed by atoms with Crippen LogP contribution in [0.5, 0.6) is 0 Å². The summed E-state index contributed by atoms with van der Waals surface area (Å²) >= 11 is 0. The van der Waals surface area contributed by atoms with Crippen LogP contribution in [0.3, 0.4) is 0 Å². The average Bonchev–Trinajstić information content (AvgIpc) is 2.79. The Kier molecular flexibility index (Phi) is 5.01. The zero-order chi connectivity index (χ0) is 22.4. The standard InChI is InChI=1S/C28H25FN2O/c1-17-8-11-20(12-9-17)27-19(3)26(23-6-4-5-7-24(23)30-27)28(32)31-18(2)10-13-21-16-22(29)14-15-25(21)31/h4-9,11-12,14-16,18H,10,13H2,1-3H3. The molecule has 0 fully saturated rings. The highest BCUT2D eigenvalue weighted by atomic mass is 19.1. The first-order valence-corrected chi connectivity index (χ1v) is 11.0. The summed E-state index contributed by atoms with van der Waals surface area (Å²) in [4.78, 5) is 20.9. The second-order valence-electron chi connectivity index (χ2n) is 8.68. The van der Waals surface area contributed by atoms with E-state index in [1.165, 1.54) is 11.6 Å². The van der Waals surface area contributed by atoms with Crippen LogP contribution < -0.4 is 4.90 Å². The molecule has 0 saturated heterocycles. The number of fused-ring (bicyclic) bond motifs is 2. The van der Waals surface area contributed by atoms with Crippen molar-refractivity contribution in [2.45, 2.75) is 39.7 Å². The SMILES string of the molecule is Cc1ccc(-c2nc3ccccc3c(C(=O)N3c4ccc(F)cc4CCC3C)c2C)cc1. The molecule has 3 aromatic carbocycles. The Labute approximate surface area is 187 Å². The second kappa shape index (κ2) is 7.86. The van der Waals surface area contributed by atoms with Crippen molar-refractivity contribution in [2.75, 3.05) is 4.90 Å². The van der Waals surface area contributed by atoms with Crippen LogP contribution in [-0.2, 0) is 6.42 Å². The number of rotatable bonds is 2. The summed E-state index contributed by atoms with van der Waals surface area (Å²) in [7, 11) is 0. The third-order valence-electron chi connectivity index (χ3n) is 6.47. The maximum absolute atomic E-state index is 14.1. The number of hydrogen-bond acceptors (Lipinski definition) is 2. The lowest BCUT2D eigenvalue weighted by Gasteiger charge is -2.36. The molecule has 0 aliphatic carbocycles. The van der Waals surface area contributed by atoms with Crippen molar-refractivity contribution in [3.63, 3.8) is 0 Å². The normalized spacial score (nSPS) is 15.6. The number of carbonyl (C=O) groups is 1. The molecule has 160 valence electrons. The maximum atomic E-state index is 14.1. The van der Waals surface area contributed by atoms with E-state index >= 15 is 0 Å². The van der Waals surface area contributed by atoms with Gasteiger partial charge in [-0.1, -0.05) is 48.0 Å². The monoisotopic (exact) mass is 424 g/mol. The topological polar surface area (TPSA) is 33.2 Å². The van der Waals surface area contributed by atoms with E-state index in [9.17, 15) is 9.18 Å². The van der Waals surface area contributed by atoms with Gasteiger partial charge in [-0.15, -0.1) is 0 Å². The third-order valence-corrected chi connectivity index (χ3v) is 6.47. The van der Waals surface area contributed by atoms with Gasteiger partial charge in [0.2, 0.25) is 0 Å². The fraction of sp³-hybridized carbons (Fsp3) is 0.214. The summed E-state index contributed by atoms with van der Waals surface area (Å²) in [6.45, 7) is 6.09. The highest BCUT2D eigenvalue weighted by molar-refractivity contribution is 6.16. The minimum atomic E-state index is -0.266. The van der Waals surface area contributed by atoms with Gasteiger partial charge in [0.05, 0.1) is 16.8 Å². The number of amides is 1. The van der Waals surface area contributed by atoms with E-state index in [-0.39, 0.29) is 17.8 Å². The van der Waals surface area contributed by atoms with Crippen LogP contribution in [0, 0.1) is 19.7 Å². The molecule has 1 aromatic heterocycles. The molecule has 0 bridgehead atoms. The van der Waals surface area contributed by atoms with Crippen molar-refractivity contribution in [2.24, 2.45) is 0 Å². The minimum absolute atomic E-state index is 0.0228. The Bertz CT molecular complexity index is 1340. The van der Waals surface area contributed by atoms with Gasteiger partial charge in [0.25, 0.3) is 5.91 Å². The van der Waals surface area contributed by atoms with E-state index in [4.69, 9.17) is 4.98 Å². The zero-order valence-corrected chi connectivity index (χ0v) is 18.5. The van der Waals surface area contributed by atoms with E-state index in [1.807, 2.05) is 36.1 Å². The van der Waals surface area contributed by atoms with Crippen molar-refractivity contribution in [3.8, 4) is 11.3 Å². The molecule has 1 amide bonds. The number of para-hydroxylation sites is 1. The van der Waals surface area contributed by atoms with Crippen molar-refractivity contribution >= 4 is 22.5 Å². The van der Waals surface area contributed by atoms with E-state index in [2.05, 4.69) is 38.1 Å². The number of benzene rings is 3. The van der Waals surface area contributed by atoms with Crippen LogP contribution in [0.2, 0.25) is 0 Å². The Balaban J connectivity index is 1.73. The lowest BCUT2D eigenvalue weighted by molar-refractivity contribution is 0.0976. The van der Waals surface area contributed by atoms with Gasteiger partial charge in [-0.05, 0) is 69.0 Å². The molecule has 4 aromatic rings. The number of aryl methyl sites for hydroxylation is 2. The lowest BCUT2D eigenvalue weighted by atomic mass is 9.92. The van der Waals surface area contributed by atoms with Crippen LogP contribution in [0.25, 0.3) is 22.2 Å². The summed E-state index contributed by atoms with van der Waals surface area (Å²) in [6.07, 6.45) is 1.57. The van der Waals surface area contributed by atoms with Crippen molar-refractivity contribution in [1.29, 1.82) is 0 Å². The smallest absolute Gasteiger partial charge is 0.259 e. The molecule has 1 aliphatic rings. The van der Waals surface area contributed by atoms with Crippen LogP contribution in [0.15, 0.2) is 66.7 Å². The zero-order valence-electron chi connectivity index (χ0n) is 18.5. The molecule has 0 N–H and O–H groups in total. The summed E-state index contributed by atoms with van der Waals surface area (Å²) in [6, 6.07) is 20.8. The number of carbonyl (C=O) groups excluding carboxylic acids is 1. The van der Waals surface area contributed by atoms with E-state index in [0.717, 1.165) is 51.8 Å². The summed E-state index contributed by atoms with van der Waals surface area (Å²) < 4.78 is 13.9. The van der Waals surface area contributed by atoms with Gasteiger partial charge in [0.15, 0.2) is 0 Å². The van der Waals surface area contributed by atoms with Crippen LogP contribution >= 0.6 is 0 Å². The van der Waals surface area contributed by atoms with E-state index in [0.29, 0.717) is 5.56 Å². The first kappa shape index (κ1) is 20.4. The van der Waals surface area contributed by atoms with Crippen molar-refractivity contribution < 1.29 is 9.18 Å². The number of aromatic nitrogens is 1. The largest absolute Gasteiger partial charge is 0.305 e. The Hall–Kier alpha value is -3.53.